The molecule has 0 saturated carbocycles. The number of phenolic OH excluding ortho intramolecular Hbond substituents is 2. The normalized spacial score (nSPS) is 13.8. The van der Waals surface area contributed by atoms with E-state index in [1.54, 1.807) is 0 Å². The summed E-state index contributed by atoms with van der Waals surface area (Å²) >= 11 is 24.6. The highest BCUT2D eigenvalue weighted by atomic mass is 35.5. The van der Waals surface area contributed by atoms with Gasteiger partial charge in [-0.3, -0.25) is 4.55 Å². The standard InChI is InChI=1S/C19H12Cl4O5S/c20-11-6-4-10(5-7-11)19(29(26,27)28,13-2-1-3-16(24)18(13)25)17-14(22)8-12(21)9-15(17)23/h1-9,24-25H,(H,26,27,28). The molecule has 5 nitrogen and oxygen atoms in total. The Bertz CT molecular complexity index is 1170. The maximum absolute atomic E-state index is 13.0. The summed E-state index contributed by atoms with van der Waals surface area (Å²) in [4.78, 5) is 0. The smallest absolute Gasteiger partial charge is 0.283 e. The molecular formula is C19H12Cl4O5S. The second kappa shape index (κ2) is 7.87. The summed E-state index contributed by atoms with van der Waals surface area (Å²) in [7, 11) is -5.12. The van der Waals surface area contributed by atoms with Crippen molar-refractivity contribution >= 4 is 56.5 Å². The molecule has 0 aliphatic rings. The molecule has 10 heteroatoms. The highest BCUT2D eigenvalue weighted by Crippen LogP contribution is 2.53. The van der Waals surface area contributed by atoms with Crippen molar-refractivity contribution in [2.24, 2.45) is 0 Å². The summed E-state index contributed by atoms with van der Waals surface area (Å²) in [6.45, 7) is 0. The Balaban J connectivity index is 2.63. The molecule has 0 radical (unpaired) electrons. The highest BCUT2D eigenvalue weighted by molar-refractivity contribution is 7.87. The molecule has 1 atom stereocenters. The van der Waals surface area contributed by atoms with Crippen LogP contribution in [0.15, 0.2) is 54.6 Å². The molecule has 3 aromatic rings. The Hall–Kier alpha value is -1.67. The predicted octanol–water partition coefficient (Wildman–Crippen LogP) is 5.89. The van der Waals surface area contributed by atoms with Gasteiger partial charge in [0, 0.05) is 31.2 Å². The first-order chi connectivity index (χ1) is 13.5. The molecule has 1 unspecified atom stereocenters. The molecule has 3 N–H and O–H groups in total. The fraction of sp³-hybridized carbons (Fsp3) is 0.0526. The molecule has 0 aliphatic carbocycles. The molecule has 3 aromatic carbocycles. The Morgan fingerprint density at radius 3 is 1.86 bits per heavy atom. The minimum Gasteiger partial charge on any atom is -0.504 e. The molecule has 3 rings (SSSR count). The summed E-state index contributed by atoms with van der Waals surface area (Å²) in [5.41, 5.74) is -0.652. The molecule has 0 fully saturated rings. The molecule has 0 heterocycles. The van der Waals surface area contributed by atoms with E-state index in [9.17, 15) is 23.2 Å². The predicted molar refractivity (Wildman–Crippen MR) is 114 cm³/mol. The molecule has 29 heavy (non-hydrogen) atoms. The highest BCUT2D eigenvalue weighted by Gasteiger charge is 2.52. The first kappa shape index (κ1) is 22.0. The van der Waals surface area contributed by atoms with Crippen molar-refractivity contribution in [2.75, 3.05) is 0 Å². The van der Waals surface area contributed by atoms with Gasteiger partial charge < -0.3 is 10.2 Å². The average molecular weight is 494 g/mol. The van der Waals surface area contributed by atoms with Gasteiger partial charge in [-0.05, 0) is 35.9 Å². The third kappa shape index (κ3) is 3.65. The van der Waals surface area contributed by atoms with Crippen molar-refractivity contribution in [1.29, 1.82) is 0 Å². The van der Waals surface area contributed by atoms with Crippen LogP contribution in [0.2, 0.25) is 20.1 Å². The van der Waals surface area contributed by atoms with Crippen LogP contribution in [0.25, 0.3) is 0 Å². The van der Waals surface area contributed by atoms with Crippen molar-refractivity contribution in [3.05, 3.63) is 91.4 Å². The number of benzene rings is 3. The van der Waals surface area contributed by atoms with Crippen molar-refractivity contribution in [3.8, 4) is 11.5 Å². The van der Waals surface area contributed by atoms with E-state index < -0.39 is 26.4 Å². The Kier molecular flexibility index (Phi) is 5.98. The van der Waals surface area contributed by atoms with E-state index in [0.29, 0.717) is 5.02 Å². The van der Waals surface area contributed by atoms with Crippen LogP contribution in [-0.2, 0) is 14.9 Å². The number of phenols is 2. The minimum absolute atomic E-state index is 0.0311. The van der Waals surface area contributed by atoms with Crippen LogP contribution >= 0.6 is 46.4 Å². The molecule has 0 spiro atoms. The molecule has 0 aromatic heterocycles. The van der Waals surface area contributed by atoms with E-state index in [4.69, 9.17) is 46.4 Å². The van der Waals surface area contributed by atoms with Crippen LogP contribution in [-0.4, -0.2) is 23.2 Å². The van der Waals surface area contributed by atoms with Crippen LogP contribution in [0.5, 0.6) is 11.5 Å². The lowest BCUT2D eigenvalue weighted by Gasteiger charge is -2.34. The maximum atomic E-state index is 13.0. The lowest BCUT2D eigenvalue weighted by molar-refractivity contribution is 0.393. The number of halogens is 4. The van der Waals surface area contributed by atoms with Gasteiger partial charge in [0.25, 0.3) is 10.1 Å². The van der Waals surface area contributed by atoms with Crippen molar-refractivity contribution < 1.29 is 23.2 Å². The van der Waals surface area contributed by atoms with Gasteiger partial charge in [-0.1, -0.05) is 70.7 Å². The Morgan fingerprint density at radius 1 is 0.793 bits per heavy atom. The van der Waals surface area contributed by atoms with Crippen molar-refractivity contribution in [2.45, 2.75) is 4.75 Å². The monoisotopic (exact) mass is 492 g/mol. The number of rotatable bonds is 4. The molecular weight excluding hydrogens is 482 g/mol. The number of aromatic hydroxyl groups is 2. The Morgan fingerprint density at radius 2 is 1.34 bits per heavy atom. The van der Waals surface area contributed by atoms with Gasteiger partial charge in [0.1, 0.15) is 0 Å². The van der Waals surface area contributed by atoms with Crippen LogP contribution in [0.3, 0.4) is 0 Å². The summed E-state index contributed by atoms with van der Waals surface area (Å²) in [6, 6.07) is 11.6. The summed E-state index contributed by atoms with van der Waals surface area (Å²) in [5, 5.41) is 20.6. The molecule has 0 bridgehead atoms. The van der Waals surface area contributed by atoms with Gasteiger partial charge in [0.2, 0.25) is 0 Å². The van der Waals surface area contributed by atoms with Crippen LogP contribution in [0.1, 0.15) is 16.7 Å². The first-order valence-electron chi connectivity index (χ1n) is 7.89. The number of hydrogen-bond donors (Lipinski definition) is 3. The van der Waals surface area contributed by atoms with E-state index in [1.807, 2.05) is 0 Å². The van der Waals surface area contributed by atoms with Gasteiger partial charge in [-0.15, -0.1) is 0 Å². The van der Waals surface area contributed by atoms with Gasteiger partial charge in [-0.25, -0.2) is 0 Å². The van der Waals surface area contributed by atoms with Gasteiger partial charge in [-0.2, -0.15) is 8.42 Å². The van der Waals surface area contributed by atoms with Gasteiger partial charge >= 0.3 is 0 Å². The SMILES string of the molecule is O=S(=O)(O)C(c1ccc(Cl)cc1)(c1cccc(O)c1O)c1c(Cl)cc(Cl)cc1Cl. The second-order valence-corrected chi connectivity index (χ2v) is 9.33. The zero-order valence-corrected chi connectivity index (χ0v) is 18.1. The zero-order chi connectivity index (χ0) is 21.6. The molecule has 0 saturated heterocycles. The first-order valence-corrected chi connectivity index (χ1v) is 10.8. The van der Waals surface area contributed by atoms with Gasteiger partial charge in [0.15, 0.2) is 16.2 Å². The lowest BCUT2D eigenvalue weighted by atomic mass is 9.83. The minimum atomic E-state index is -5.12. The third-order valence-corrected chi connectivity index (χ3v) is 6.89. The second-order valence-electron chi connectivity index (χ2n) is 6.08. The molecule has 0 amide bonds. The number of para-hydroxylation sites is 1. The van der Waals surface area contributed by atoms with Crippen LogP contribution in [0.4, 0.5) is 0 Å². The molecule has 152 valence electrons. The third-order valence-electron chi connectivity index (χ3n) is 4.39. The summed E-state index contributed by atoms with van der Waals surface area (Å²) in [6.07, 6.45) is 0. The maximum Gasteiger partial charge on any atom is 0.283 e. The fourth-order valence-electron chi connectivity index (χ4n) is 3.23. The van der Waals surface area contributed by atoms with Crippen LogP contribution in [0, 0.1) is 0 Å². The van der Waals surface area contributed by atoms with E-state index in [0.717, 1.165) is 6.07 Å². The summed E-state index contributed by atoms with van der Waals surface area (Å²) < 4.78 is 33.9. The zero-order valence-electron chi connectivity index (χ0n) is 14.3. The number of hydrogen-bond acceptors (Lipinski definition) is 4. The van der Waals surface area contributed by atoms with E-state index >= 15 is 0 Å². The van der Waals surface area contributed by atoms with E-state index in [1.165, 1.54) is 48.5 Å². The van der Waals surface area contributed by atoms with Crippen molar-refractivity contribution in [1.82, 2.24) is 0 Å². The topological polar surface area (TPSA) is 94.8 Å². The molecule has 0 aliphatic heterocycles. The Labute approximate surface area is 186 Å². The lowest BCUT2D eigenvalue weighted by Crippen LogP contribution is -2.39. The quantitative estimate of drug-likeness (QED) is 0.239. The fourth-order valence-corrected chi connectivity index (χ4v) is 5.92. The average Bonchev–Trinajstić information content (AvgIpc) is 2.60. The summed E-state index contributed by atoms with van der Waals surface area (Å²) in [5.74, 6) is -1.38. The van der Waals surface area contributed by atoms with E-state index in [-0.39, 0.29) is 31.8 Å². The van der Waals surface area contributed by atoms with Gasteiger partial charge in [0.05, 0.1) is 0 Å². The van der Waals surface area contributed by atoms with E-state index in [2.05, 4.69) is 0 Å². The largest absolute Gasteiger partial charge is 0.504 e. The van der Waals surface area contributed by atoms with Crippen molar-refractivity contribution in [3.63, 3.8) is 0 Å². The van der Waals surface area contributed by atoms with Crippen LogP contribution < -0.4 is 0 Å².